The molecular weight excluding hydrogens is 172 g/mol. The Bertz CT molecular complexity index is 389. The van der Waals surface area contributed by atoms with Crippen molar-refractivity contribution in [1.29, 1.82) is 0 Å². The van der Waals surface area contributed by atoms with Crippen molar-refractivity contribution in [3.63, 3.8) is 0 Å². The lowest BCUT2D eigenvalue weighted by Crippen LogP contribution is -2.13. The molecule has 0 aliphatic carbocycles. The first-order valence-electron chi connectivity index (χ1n) is 3.93. The van der Waals surface area contributed by atoms with Gasteiger partial charge in [0, 0.05) is 12.6 Å². The topological polar surface area (TPSA) is 75.1 Å². The van der Waals surface area contributed by atoms with Crippen molar-refractivity contribution >= 4 is 5.97 Å². The first-order valence-corrected chi connectivity index (χ1v) is 3.93. The highest BCUT2D eigenvalue weighted by atomic mass is 16.4. The Morgan fingerprint density at radius 1 is 1.62 bits per heavy atom. The molecule has 0 aromatic carbocycles. The molecular formula is C8H12N2O3. The van der Waals surface area contributed by atoms with E-state index in [0.29, 0.717) is 11.3 Å². The number of aromatic amines is 1. The van der Waals surface area contributed by atoms with Crippen molar-refractivity contribution in [1.82, 2.24) is 9.78 Å². The number of nitrogens with one attached hydrogen (secondary N) is 1. The molecule has 1 heterocycles. The lowest BCUT2D eigenvalue weighted by atomic mass is 10.1. The van der Waals surface area contributed by atoms with Crippen molar-refractivity contribution in [2.45, 2.75) is 19.8 Å². The number of carbonyl (C=O) groups is 1. The molecule has 0 fully saturated rings. The summed E-state index contributed by atoms with van der Waals surface area (Å²) in [5.74, 6) is -1.61. The number of H-pyrrole nitrogens is 1. The molecule has 1 aromatic heterocycles. The van der Waals surface area contributed by atoms with E-state index in [9.17, 15) is 9.59 Å². The van der Waals surface area contributed by atoms with Gasteiger partial charge in [-0.1, -0.05) is 0 Å². The Morgan fingerprint density at radius 2 is 2.15 bits per heavy atom. The summed E-state index contributed by atoms with van der Waals surface area (Å²) in [6, 6.07) is 0. The number of aliphatic carboxylic acids is 1. The normalized spacial score (nSPS) is 12.8. The maximum Gasteiger partial charge on any atom is 0.312 e. The zero-order valence-electron chi connectivity index (χ0n) is 7.79. The van der Waals surface area contributed by atoms with Gasteiger partial charge in [-0.15, -0.1) is 0 Å². The summed E-state index contributed by atoms with van der Waals surface area (Å²) in [6.07, 6.45) is 0. The van der Waals surface area contributed by atoms with Crippen LogP contribution in [0.15, 0.2) is 4.79 Å². The van der Waals surface area contributed by atoms with Crippen LogP contribution in [0.2, 0.25) is 0 Å². The lowest BCUT2D eigenvalue weighted by molar-refractivity contribution is -0.138. The van der Waals surface area contributed by atoms with Gasteiger partial charge in [0.05, 0.1) is 11.6 Å². The van der Waals surface area contributed by atoms with E-state index >= 15 is 0 Å². The minimum absolute atomic E-state index is 0.178. The van der Waals surface area contributed by atoms with Crippen LogP contribution in [0, 0.1) is 6.92 Å². The van der Waals surface area contributed by atoms with Gasteiger partial charge in [-0.05, 0) is 13.8 Å². The Morgan fingerprint density at radius 3 is 2.46 bits per heavy atom. The average molecular weight is 184 g/mol. The maximum atomic E-state index is 11.3. The number of hydrogen-bond donors (Lipinski definition) is 2. The SMILES string of the molecule is Cc1c(C(C)C(=O)O)[nH]n(C)c1=O. The van der Waals surface area contributed by atoms with Crippen LogP contribution >= 0.6 is 0 Å². The molecule has 0 aliphatic rings. The molecule has 0 spiro atoms. The quantitative estimate of drug-likeness (QED) is 0.689. The van der Waals surface area contributed by atoms with Gasteiger partial charge in [0.25, 0.3) is 5.56 Å². The summed E-state index contributed by atoms with van der Waals surface area (Å²) in [5.41, 5.74) is 0.764. The van der Waals surface area contributed by atoms with Crippen LogP contribution in [-0.4, -0.2) is 20.9 Å². The third kappa shape index (κ3) is 1.49. The zero-order valence-corrected chi connectivity index (χ0v) is 7.79. The number of carboxylic acids is 1. The van der Waals surface area contributed by atoms with Crippen molar-refractivity contribution < 1.29 is 9.90 Å². The van der Waals surface area contributed by atoms with Gasteiger partial charge in [0.1, 0.15) is 0 Å². The third-order valence-corrected chi connectivity index (χ3v) is 2.12. The largest absolute Gasteiger partial charge is 0.481 e. The molecule has 0 amide bonds. The van der Waals surface area contributed by atoms with Gasteiger partial charge in [-0.3, -0.25) is 19.4 Å². The van der Waals surface area contributed by atoms with Crippen LogP contribution in [0.25, 0.3) is 0 Å². The molecule has 72 valence electrons. The van der Waals surface area contributed by atoms with E-state index in [1.54, 1.807) is 20.9 Å². The molecule has 0 bridgehead atoms. The van der Waals surface area contributed by atoms with Crippen LogP contribution in [0.5, 0.6) is 0 Å². The van der Waals surface area contributed by atoms with Crippen LogP contribution in [0.3, 0.4) is 0 Å². The third-order valence-electron chi connectivity index (χ3n) is 2.12. The summed E-state index contributed by atoms with van der Waals surface area (Å²) < 4.78 is 1.28. The van der Waals surface area contributed by atoms with Gasteiger partial charge < -0.3 is 5.11 Å². The number of rotatable bonds is 2. The zero-order chi connectivity index (χ0) is 10.2. The van der Waals surface area contributed by atoms with Crippen molar-refractivity contribution in [3.05, 3.63) is 21.6 Å². The maximum absolute atomic E-state index is 11.3. The van der Waals surface area contributed by atoms with Crippen LogP contribution in [0.4, 0.5) is 0 Å². The van der Waals surface area contributed by atoms with Crippen LogP contribution < -0.4 is 5.56 Å². The minimum atomic E-state index is -0.940. The summed E-state index contributed by atoms with van der Waals surface area (Å²) in [7, 11) is 1.56. The molecule has 0 aliphatic heterocycles. The van der Waals surface area contributed by atoms with E-state index in [1.165, 1.54) is 4.68 Å². The molecule has 0 radical (unpaired) electrons. The molecule has 2 N–H and O–H groups in total. The molecule has 5 heteroatoms. The van der Waals surface area contributed by atoms with E-state index in [1.807, 2.05) is 0 Å². The van der Waals surface area contributed by atoms with Gasteiger partial charge in [-0.25, -0.2) is 0 Å². The van der Waals surface area contributed by atoms with Crippen LogP contribution in [0.1, 0.15) is 24.1 Å². The highest BCUT2D eigenvalue weighted by Gasteiger charge is 2.20. The first kappa shape index (κ1) is 9.57. The number of aryl methyl sites for hydroxylation is 1. The molecule has 1 unspecified atom stereocenters. The first-order chi connectivity index (χ1) is 5.95. The number of hydrogen-bond acceptors (Lipinski definition) is 2. The molecule has 0 saturated heterocycles. The monoisotopic (exact) mass is 184 g/mol. The second kappa shape index (κ2) is 3.08. The molecule has 1 rings (SSSR count). The van der Waals surface area contributed by atoms with Gasteiger partial charge in [0.2, 0.25) is 0 Å². The molecule has 13 heavy (non-hydrogen) atoms. The average Bonchev–Trinajstić information content (AvgIpc) is 2.31. The fourth-order valence-electron chi connectivity index (χ4n) is 1.23. The summed E-state index contributed by atoms with van der Waals surface area (Å²) in [4.78, 5) is 21.9. The predicted octanol–water partition coefficient (Wildman–Crippen LogP) is 0.210. The summed E-state index contributed by atoms with van der Waals surface area (Å²) >= 11 is 0. The van der Waals surface area contributed by atoms with Gasteiger partial charge >= 0.3 is 5.97 Å². The minimum Gasteiger partial charge on any atom is -0.481 e. The van der Waals surface area contributed by atoms with Crippen molar-refractivity contribution in [2.24, 2.45) is 7.05 Å². The van der Waals surface area contributed by atoms with Crippen molar-refractivity contribution in [2.75, 3.05) is 0 Å². The van der Waals surface area contributed by atoms with Crippen molar-refractivity contribution in [3.8, 4) is 0 Å². The van der Waals surface area contributed by atoms with Gasteiger partial charge in [-0.2, -0.15) is 0 Å². The standard InChI is InChI=1S/C8H12N2O3/c1-4-6(5(2)8(12)13)9-10(3)7(4)11/h5,9H,1-3H3,(H,12,13). The highest BCUT2D eigenvalue weighted by Crippen LogP contribution is 2.13. The Kier molecular flexibility index (Phi) is 2.27. The predicted molar refractivity (Wildman–Crippen MR) is 46.8 cm³/mol. The van der Waals surface area contributed by atoms with E-state index in [2.05, 4.69) is 5.10 Å². The Balaban J connectivity index is 3.24. The van der Waals surface area contributed by atoms with E-state index < -0.39 is 11.9 Å². The van der Waals surface area contributed by atoms with E-state index in [-0.39, 0.29) is 5.56 Å². The summed E-state index contributed by atoms with van der Waals surface area (Å²) in [5, 5.41) is 11.4. The molecule has 1 atom stereocenters. The lowest BCUT2D eigenvalue weighted by Gasteiger charge is -2.03. The Hall–Kier alpha value is -1.52. The smallest absolute Gasteiger partial charge is 0.312 e. The number of aromatic nitrogens is 2. The van der Waals surface area contributed by atoms with E-state index in [4.69, 9.17) is 5.11 Å². The summed E-state index contributed by atoms with van der Waals surface area (Å²) in [6.45, 7) is 3.16. The van der Waals surface area contributed by atoms with E-state index in [0.717, 1.165) is 0 Å². The number of nitrogens with zero attached hydrogens (tertiary/aromatic N) is 1. The Labute approximate surface area is 75.0 Å². The fourth-order valence-corrected chi connectivity index (χ4v) is 1.23. The highest BCUT2D eigenvalue weighted by molar-refractivity contribution is 5.75. The fraction of sp³-hybridized carbons (Fsp3) is 0.500. The molecule has 0 saturated carbocycles. The van der Waals surface area contributed by atoms with Crippen LogP contribution in [-0.2, 0) is 11.8 Å². The number of carboxylic acid groups (broad SMARTS) is 1. The molecule has 1 aromatic rings. The second-order valence-electron chi connectivity index (χ2n) is 3.07. The second-order valence-corrected chi connectivity index (χ2v) is 3.07. The molecule has 5 nitrogen and oxygen atoms in total. The van der Waals surface area contributed by atoms with Gasteiger partial charge in [0.15, 0.2) is 0 Å².